The van der Waals surface area contributed by atoms with Crippen LogP contribution in [0.15, 0.2) is 72.8 Å². The van der Waals surface area contributed by atoms with Crippen molar-refractivity contribution in [2.24, 2.45) is 11.8 Å². The Morgan fingerprint density at radius 1 is 0.700 bits per heavy atom. The lowest BCUT2D eigenvalue weighted by molar-refractivity contribution is -0.255. The van der Waals surface area contributed by atoms with Crippen LogP contribution in [0.5, 0.6) is 0 Å². The topological polar surface area (TPSA) is 77.5 Å². The van der Waals surface area contributed by atoms with Crippen LogP contribution in [0.4, 0.5) is 5.69 Å². The van der Waals surface area contributed by atoms with Gasteiger partial charge in [-0.05, 0) is 39.9 Å². The van der Waals surface area contributed by atoms with E-state index in [1.54, 1.807) is 6.07 Å². The SMILES string of the molecule is O=C([O-])c1cccc(N2C(=O)C3C4c5ccccc5C(c5ccccc54)C3C2=O)c1. The molecule has 1 heterocycles. The van der Waals surface area contributed by atoms with Crippen molar-refractivity contribution in [2.45, 2.75) is 11.8 Å². The predicted octanol–water partition coefficient (Wildman–Crippen LogP) is 2.45. The Labute approximate surface area is 172 Å². The zero-order valence-electron chi connectivity index (χ0n) is 15.8. The first kappa shape index (κ1) is 17.2. The normalized spacial score (nSPS) is 25.7. The van der Waals surface area contributed by atoms with Crippen molar-refractivity contribution < 1.29 is 19.5 Å². The summed E-state index contributed by atoms with van der Waals surface area (Å²) in [7, 11) is 0. The number of rotatable bonds is 2. The molecule has 5 nitrogen and oxygen atoms in total. The molecule has 146 valence electrons. The van der Waals surface area contributed by atoms with Crippen molar-refractivity contribution >= 4 is 23.5 Å². The summed E-state index contributed by atoms with van der Waals surface area (Å²) >= 11 is 0. The number of carboxylic acid groups (broad SMARTS) is 1. The van der Waals surface area contributed by atoms with E-state index in [0.29, 0.717) is 0 Å². The summed E-state index contributed by atoms with van der Waals surface area (Å²) in [5.74, 6) is -3.21. The number of benzene rings is 3. The number of carboxylic acids is 1. The number of carbonyl (C=O) groups excluding carboxylic acids is 3. The van der Waals surface area contributed by atoms with Crippen LogP contribution < -0.4 is 10.0 Å². The van der Waals surface area contributed by atoms with Crippen molar-refractivity contribution in [3.05, 3.63) is 101 Å². The quantitative estimate of drug-likeness (QED) is 0.626. The molecule has 30 heavy (non-hydrogen) atoms. The summed E-state index contributed by atoms with van der Waals surface area (Å²) in [6.45, 7) is 0. The van der Waals surface area contributed by atoms with Gasteiger partial charge in [0.1, 0.15) is 0 Å². The second-order valence-corrected chi connectivity index (χ2v) is 8.11. The zero-order chi connectivity index (χ0) is 20.6. The fourth-order valence-corrected chi connectivity index (χ4v) is 5.70. The monoisotopic (exact) mass is 394 g/mol. The maximum absolute atomic E-state index is 13.6. The molecule has 2 atom stereocenters. The van der Waals surface area contributed by atoms with E-state index in [-0.39, 0.29) is 34.9 Å². The number of hydrogen-bond acceptors (Lipinski definition) is 4. The van der Waals surface area contributed by atoms with Gasteiger partial charge in [0.25, 0.3) is 0 Å². The average molecular weight is 394 g/mol. The van der Waals surface area contributed by atoms with Gasteiger partial charge >= 0.3 is 0 Å². The van der Waals surface area contributed by atoms with Crippen LogP contribution in [0.25, 0.3) is 0 Å². The third-order valence-electron chi connectivity index (χ3n) is 6.79. The third-order valence-corrected chi connectivity index (χ3v) is 6.79. The van der Waals surface area contributed by atoms with Crippen LogP contribution in [0, 0.1) is 11.8 Å². The molecule has 0 saturated carbocycles. The minimum Gasteiger partial charge on any atom is -0.545 e. The van der Waals surface area contributed by atoms with E-state index in [2.05, 4.69) is 24.3 Å². The highest BCUT2D eigenvalue weighted by Gasteiger charge is 2.61. The van der Waals surface area contributed by atoms with E-state index in [4.69, 9.17) is 0 Å². The van der Waals surface area contributed by atoms with E-state index in [1.807, 2.05) is 24.3 Å². The Bertz CT molecular complexity index is 1150. The van der Waals surface area contributed by atoms with Gasteiger partial charge in [0.05, 0.1) is 23.5 Å². The van der Waals surface area contributed by atoms with Crippen molar-refractivity contribution in [2.75, 3.05) is 4.90 Å². The molecule has 2 bridgehead atoms. The molecular weight excluding hydrogens is 378 g/mol. The van der Waals surface area contributed by atoms with Gasteiger partial charge in [-0.15, -0.1) is 0 Å². The van der Waals surface area contributed by atoms with Crippen molar-refractivity contribution in [1.82, 2.24) is 0 Å². The fourth-order valence-electron chi connectivity index (χ4n) is 5.70. The van der Waals surface area contributed by atoms with E-state index in [0.717, 1.165) is 22.3 Å². The van der Waals surface area contributed by atoms with E-state index < -0.39 is 17.8 Å². The number of anilines is 1. The van der Waals surface area contributed by atoms with Crippen LogP contribution >= 0.6 is 0 Å². The number of amides is 2. The lowest BCUT2D eigenvalue weighted by atomic mass is 9.55. The molecule has 0 N–H and O–H groups in total. The molecule has 3 aromatic carbocycles. The Hall–Kier alpha value is -3.73. The second-order valence-electron chi connectivity index (χ2n) is 8.11. The van der Waals surface area contributed by atoms with E-state index in [1.165, 1.54) is 23.1 Å². The number of imide groups is 1. The first-order valence-electron chi connectivity index (χ1n) is 9.95. The van der Waals surface area contributed by atoms with Gasteiger partial charge in [-0.3, -0.25) is 9.59 Å². The number of hydrogen-bond donors (Lipinski definition) is 0. The molecule has 4 aliphatic rings. The summed E-state index contributed by atoms with van der Waals surface area (Å²) in [4.78, 5) is 39.6. The standard InChI is InChI=1S/C25H17NO4/c27-23-21-19-15-8-1-2-9-16(15)20(18-11-4-3-10-17(18)19)22(21)24(28)26(23)14-7-5-6-13(12-14)25(29)30/h1-12,19-22H,(H,29,30)/p-1. The summed E-state index contributed by atoms with van der Waals surface area (Å²) < 4.78 is 0. The first-order chi connectivity index (χ1) is 14.6. The largest absolute Gasteiger partial charge is 0.545 e. The summed E-state index contributed by atoms with van der Waals surface area (Å²) in [6, 6.07) is 22.0. The Kier molecular flexibility index (Phi) is 3.37. The first-order valence-corrected chi connectivity index (χ1v) is 9.95. The number of nitrogens with zero attached hydrogens (tertiary/aromatic N) is 1. The molecule has 0 aromatic heterocycles. The highest BCUT2D eigenvalue weighted by molar-refractivity contribution is 6.23. The highest BCUT2D eigenvalue weighted by Crippen LogP contribution is 2.61. The Morgan fingerprint density at radius 2 is 1.17 bits per heavy atom. The Balaban J connectivity index is 1.54. The van der Waals surface area contributed by atoms with Gasteiger partial charge in [0.2, 0.25) is 11.8 Å². The van der Waals surface area contributed by atoms with Gasteiger partial charge in [0.15, 0.2) is 0 Å². The van der Waals surface area contributed by atoms with Gasteiger partial charge in [-0.1, -0.05) is 60.7 Å². The van der Waals surface area contributed by atoms with E-state index >= 15 is 0 Å². The fraction of sp³-hybridized carbons (Fsp3) is 0.160. The minimum atomic E-state index is -1.34. The van der Waals surface area contributed by atoms with Gasteiger partial charge < -0.3 is 9.90 Å². The second kappa shape index (κ2) is 5.89. The molecule has 0 spiro atoms. The van der Waals surface area contributed by atoms with Gasteiger partial charge in [-0.25, -0.2) is 4.90 Å². The lowest BCUT2D eigenvalue weighted by Gasteiger charge is -2.45. The van der Waals surface area contributed by atoms with Gasteiger partial charge in [0, 0.05) is 11.8 Å². The molecule has 1 aliphatic heterocycles. The van der Waals surface area contributed by atoms with Crippen LogP contribution in [-0.4, -0.2) is 17.8 Å². The minimum absolute atomic E-state index is 0.0579. The lowest BCUT2D eigenvalue weighted by Crippen LogP contribution is -2.41. The van der Waals surface area contributed by atoms with Crippen LogP contribution in [0.2, 0.25) is 0 Å². The number of aromatic carboxylic acids is 1. The highest BCUT2D eigenvalue weighted by atomic mass is 16.4. The van der Waals surface area contributed by atoms with Crippen molar-refractivity contribution in [3.63, 3.8) is 0 Å². The maximum Gasteiger partial charge on any atom is 0.238 e. The van der Waals surface area contributed by atoms with Crippen LogP contribution in [0.1, 0.15) is 44.4 Å². The van der Waals surface area contributed by atoms with Crippen LogP contribution in [-0.2, 0) is 9.59 Å². The maximum atomic E-state index is 13.6. The van der Waals surface area contributed by atoms with E-state index in [9.17, 15) is 19.5 Å². The summed E-state index contributed by atoms with van der Waals surface area (Å²) in [5.41, 5.74) is 4.65. The van der Waals surface area contributed by atoms with Gasteiger partial charge in [-0.2, -0.15) is 0 Å². The summed E-state index contributed by atoms with van der Waals surface area (Å²) in [5, 5.41) is 11.3. The molecule has 5 heteroatoms. The van der Waals surface area contributed by atoms with Crippen LogP contribution in [0.3, 0.4) is 0 Å². The molecule has 1 saturated heterocycles. The molecule has 2 amide bonds. The molecule has 3 aromatic rings. The molecule has 7 rings (SSSR count). The molecule has 0 radical (unpaired) electrons. The molecular formula is C25H16NO4-. The van der Waals surface area contributed by atoms with Crippen molar-refractivity contribution in [3.8, 4) is 0 Å². The zero-order valence-corrected chi connectivity index (χ0v) is 15.8. The summed E-state index contributed by atoms with van der Waals surface area (Å²) in [6.07, 6.45) is 0. The smallest absolute Gasteiger partial charge is 0.238 e. The average Bonchev–Trinajstić information content (AvgIpc) is 3.04. The number of carbonyl (C=O) groups is 3. The molecule has 3 aliphatic carbocycles. The molecule has 2 unspecified atom stereocenters. The third kappa shape index (κ3) is 2.04. The van der Waals surface area contributed by atoms with Crippen molar-refractivity contribution in [1.29, 1.82) is 0 Å². The predicted molar refractivity (Wildman–Crippen MR) is 107 cm³/mol. The molecule has 1 fully saturated rings. The Morgan fingerprint density at radius 3 is 1.60 bits per heavy atom.